The molecule has 0 spiro atoms. The largest absolute Gasteiger partial charge is 0.341 e. The van der Waals surface area contributed by atoms with Crippen molar-refractivity contribution in [1.29, 1.82) is 0 Å². The first-order valence-electron chi connectivity index (χ1n) is 9.65. The Morgan fingerprint density at radius 1 is 1.11 bits per heavy atom. The van der Waals surface area contributed by atoms with Crippen molar-refractivity contribution in [2.75, 3.05) is 13.1 Å². The number of amides is 1. The number of hydrazine groups is 1. The van der Waals surface area contributed by atoms with Gasteiger partial charge in [0.2, 0.25) is 5.91 Å². The van der Waals surface area contributed by atoms with Crippen LogP contribution in [0.3, 0.4) is 0 Å². The number of hydrogen-bond donors (Lipinski definition) is 2. The van der Waals surface area contributed by atoms with Crippen LogP contribution in [0.5, 0.6) is 0 Å². The van der Waals surface area contributed by atoms with Crippen molar-refractivity contribution < 1.29 is 9.18 Å². The number of carbonyl (C=O) groups is 1. The number of aromatic nitrogens is 1. The summed E-state index contributed by atoms with van der Waals surface area (Å²) in [6, 6.07) is 12.6. The van der Waals surface area contributed by atoms with Gasteiger partial charge in [0.1, 0.15) is 11.9 Å². The van der Waals surface area contributed by atoms with Crippen LogP contribution in [0.15, 0.2) is 48.7 Å². The molecule has 1 aromatic heterocycles. The number of halogens is 1. The van der Waals surface area contributed by atoms with E-state index >= 15 is 0 Å². The molecule has 5 nitrogen and oxygen atoms in total. The highest BCUT2D eigenvalue weighted by Crippen LogP contribution is 2.26. The van der Waals surface area contributed by atoms with E-state index in [0.29, 0.717) is 12.3 Å². The molecule has 2 aliphatic rings. The number of pyridine rings is 1. The van der Waals surface area contributed by atoms with E-state index in [-0.39, 0.29) is 23.8 Å². The Morgan fingerprint density at radius 2 is 1.89 bits per heavy atom. The highest BCUT2D eigenvalue weighted by Gasteiger charge is 2.34. The van der Waals surface area contributed by atoms with Gasteiger partial charge in [0.15, 0.2) is 0 Å². The summed E-state index contributed by atoms with van der Waals surface area (Å²) in [5.74, 6) is 0.449. The van der Waals surface area contributed by atoms with Crippen molar-refractivity contribution in [3.05, 3.63) is 65.7 Å². The van der Waals surface area contributed by atoms with E-state index in [2.05, 4.69) is 15.8 Å². The Kier molecular flexibility index (Phi) is 5.45. The standard InChI is InChI=1S/C21H25FN4O/c22-17-6-2-1-5-16(17)13-15-8-11-26(12-9-15)21(27)20-14-19(24-25-20)18-7-3-4-10-23-18/h1-7,10,15,19-20,24-25H,8-9,11-14H2. The maximum absolute atomic E-state index is 13.8. The lowest BCUT2D eigenvalue weighted by molar-refractivity contribution is -0.134. The van der Waals surface area contributed by atoms with Crippen LogP contribution in [0.4, 0.5) is 4.39 Å². The minimum Gasteiger partial charge on any atom is -0.341 e. The molecule has 2 aromatic rings. The van der Waals surface area contributed by atoms with Gasteiger partial charge in [-0.2, -0.15) is 0 Å². The molecule has 2 aliphatic heterocycles. The third-order valence-corrected chi connectivity index (χ3v) is 5.64. The molecular formula is C21H25FN4O. The molecule has 27 heavy (non-hydrogen) atoms. The van der Waals surface area contributed by atoms with E-state index in [9.17, 15) is 9.18 Å². The molecule has 2 unspecified atom stereocenters. The van der Waals surface area contributed by atoms with Gasteiger partial charge in [-0.3, -0.25) is 9.78 Å². The van der Waals surface area contributed by atoms with Crippen LogP contribution in [0, 0.1) is 11.7 Å². The number of rotatable bonds is 4. The SMILES string of the molecule is O=C(C1CC(c2ccccn2)NN1)N1CCC(Cc2ccccc2F)CC1. The third kappa shape index (κ3) is 4.17. The zero-order chi connectivity index (χ0) is 18.6. The molecule has 2 saturated heterocycles. The topological polar surface area (TPSA) is 57.3 Å². The molecule has 3 heterocycles. The summed E-state index contributed by atoms with van der Waals surface area (Å²) in [5, 5.41) is 0. The Morgan fingerprint density at radius 3 is 2.63 bits per heavy atom. The number of piperidine rings is 1. The van der Waals surface area contributed by atoms with Crippen molar-refractivity contribution in [2.24, 2.45) is 5.92 Å². The number of nitrogens with one attached hydrogen (secondary N) is 2. The van der Waals surface area contributed by atoms with Gasteiger partial charge in [0.05, 0.1) is 11.7 Å². The van der Waals surface area contributed by atoms with Crippen molar-refractivity contribution in [3.63, 3.8) is 0 Å². The van der Waals surface area contributed by atoms with Crippen molar-refractivity contribution in [1.82, 2.24) is 20.7 Å². The first kappa shape index (κ1) is 18.1. The van der Waals surface area contributed by atoms with Crippen LogP contribution in [-0.4, -0.2) is 34.9 Å². The second-order valence-electron chi connectivity index (χ2n) is 7.45. The van der Waals surface area contributed by atoms with Gasteiger partial charge in [-0.05, 0) is 55.4 Å². The highest BCUT2D eigenvalue weighted by atomic mass is 19.1. The average molecular weight is 368 g/mol. The van der Waals surface area contributed by atoms with Gasteiger partial charge < -0.3 is 4.90 Å². The number of carbonyl (C=O) groups excluding carboxylic acids is 1. The molecule has 2 atom stereocenters. The van der Waals surface area contributed by atoms with Crippen LogP contribution in [-0.2, 0) is 11.2 Å². The second-order valence-corrected chi connectivity index (χ2v) is 7.45. The number of likely N-dealkylation sites (tertiary alicyclic amines) is 1. The predicted octanol–water partition coefficient (Wildman–Crippen LogP) is 2.61. The fraction of sp³-hybridized carbons (Fsp3) is 0.429. The molecule has 1 amide bonds. The van der Waals surface area contributed by atoms with E-state index in [1.54, 1.807) is 12.3 Å². The highest BCUT2D eigenvalue weighted by molar-refractivity contribution is 5.82. The molecule has 0 aliphatic carbocycles. The van der Waals surface area contributed by atoms with E-state index < -0.39 is 0 Å². The summed E-state index contributed by atoms with van der Waals surface area (Å²) in [6.07, 6.45) is 5.06. The lowest BCUT2D eigenvalue weighted by Crippen LogP contribution is -2.48. The maximum atomic E-state index is 13.8. The van der Waals surface area contributed by atoms with Crippen molar-refractivity contribution >= 4 is 5.91 Å². The van der Waals surface area contributed by atoms with E-state index in [1.807, 2.05) is 35.2 Å². The fourth-order valence-electron chi connectivity index (χ4n) is 4.05. The molecule has 142 valence electrons. The number of hydrogen-bond acceptors (Lipinski definition) is 4. The molecule has 0 saturated carbocycles. The minimum atomic E-state index is -0.222. The number of nitrogens with zero attached hydrogens (tertiary/aromatic N) is 2. The number of benzene rings is 1. The summed E-state index contributed by atoms with van der Waals surface area (Å²) < 4.78 is 13.8. The Labute approximate surface area is 159 Å². The second kappa shape index (κ2) is 8.15. The maximum Gasteiger partial charge on any atom is 0.241 e. The molecule has 4 rings (SSSR count). The Bertz CT molecular complexity index is 777. The molecular weight excluding hydrogens is 343 g/mol. The van der Waals surface area contributed by atoms with Crippen molar-refractivity contribution in [3.8, 4) is 0 Å². The van der Waals surface area contributed by atoms with Gasteiger partial charge in [-0.1, -0.05) is 24.3 Å². The van der Waals surface area contributed by atoms with Gasteiger partial charge in [-0.25, -0.2) is 15.2 Å². The summed E-state index contributed by atoms with van der Waals surface area (Å²) >= 11 is 0. The Hall–Kier alpha value is -2.31. The Balaban J connectivity index is 1.28. The van der Waals surface area contributed by atoms with Gasteiger partial charge in [0, 0.05) is 19.3 Å². The monoisotopic (exact) mass is 368 g/mol. The molecule has 6 heteroatoms. The van der Waals surface area contributed by atoms with Gasteiger partial charge in [0.25, 0.3) is 0 Å². The summed E-state index contributed by atoms with van der Waals surface area (Å²) in [6.45, 7) is 1.48. The van der Waals surface area contributed by atoms with Crippen LogP contribution in [0.2, 0.25) is 0 Å². The third-order valence-electron chi connectivity index (χ3n) is 5.64. The average Bonchev–Trinajstić information content (AvgIpc) is 3.21. The van der Waals surface area contributed by atoms with E-state index in [4.69, 9.17) is 0 Å². The van der Waals surface area contributed by atoms with Crippen LogP contribution < -0.4 is 10.9 Å². The van der Waals surface area contributed by atoms with E-state index in [0.717, 1.165) is 43.6 Å². The zero-order valence-corrected chi connectivity index (χ0v) is 15.3. The molecule has 2 fully saturated rings. The summed E-state index contributed by atoms with van der Waals surface area (Å²) in [4.78, 5) is 19.1. The summed E-state index contributed by atoms with van der Waals surface area (Å²) in [5.41, 5.74) is 8.05. The van der Waals surface area contributed by atoms with Crippen LogP contribution in [0.1, 0.15) is 36.6 Å². The zero-order valence-electron chi connectivity index (χ0n) is 15.3. The van der Waals surface area contributed by atoms with Gasteiger partial charge in [-0.15, -0.1) is 0 Å². The molecule has 2 N–H and O–H groups in total. The van der Waals surface area contributed by atoms with E-state index in [1.165, 1.54) is 6.07 Å². The summed E-state index contributed by atoms with van der Waals surface area (Å²) in [7, 11) is 0. The normalized spacial score (nSPS) is 23.5. The molecule has 0 radical (unpaired) electrons. The van der Waals surface area contributed by atoms with Crippen molar-refractivity contribution in [2.45, 2.75) is 37.8 Å². The quantitative estimate of drug-likeness (QED) is 0.871. The van der Waals surface area contributed by atoms with Crippen LogP contribution >= 0.6 is 0 Å². The van der Waals surface area contributed by atoms with Gasteiger partial charge >= 0.3 is 0 Å². The first-order valence-corrected chi connectivity index (χ1v) is 9.65. The van der Waals surface area contributed by atoms with Crippen LogP contribution in [0.25, 0.3) is 0 Å². The molecule has 0 bridgehead atoms. The predicted molar refractivity (Wildman–Crippen MR) is 101 cm³/mol. The molecule has 1 aromatic carbocycles. The first-order chi connectivity index (χ1) is 13.2. The smallest absolute Gasteiger partial charge is 0.241 e. The fourth-order valence-corrected chi connectivity index (χ4v) is 4.05. The lowest BCUT2D eigenvalue weighted by atomic mass is 9.89. The lowest BCUT2D eigenvalue weighted by Gasteiger charge is -2.33. The minimum absolute atomic E-state index is 0.0544.